The zero-order chi connectivity index (χ0) is 19.2. The number of rotatable bonds is 2. The molecule has 4 rings (SSSR count). The molecule has 2 fully saturated rings. The van der Waals surface area contributed by atoms with Gasteiger partial charge in [0.2, 0.25) is 5.91 Å². The number of nitrogens with one attached hydrogen (secondary N) is 1. The van der Waals surface area contributed by atoms with Crippen LogP contribution in [-0.2, 0) is 4.79 Å². The number of carbonyl (C=O) groups is 1. The summed E-state index contributed by atoms with van der Waals surface area (Å²) in [4.78, 5) is 14.5. The minimum Gasteiger partial charge on any atom is -0.368 e. The average molecular weight is 384 g/mol. The Morgan fingerprint density at radius 1 is 1.19 bits per heavy atom. The standard InChI is InChI=1S/C19H27F3N4O/c1-12-10-16(19(20,21)22)26-17(23-12)11-15(24-26)13-6-8-25(9-7-13)18(27)14-4-2-3-5-14/h11-14,16,23H,2-10H2,1H3/t12-,16-/m1/s1. The number of anilines is 1. The Morgan fingerprint density at radius 3 is 2.48 bits per heavy atom. The zero-order valence-electron chi connectivity index (χ0n) is 15.6. The lowest BCUT2D eigenvalue weighted by Crippen LogP contribution is -2.41. The highest BCUT2D eigenvalue weighted by Crippen LogP contribution is 2.41. The van der Waals surface area contributed by atoms with Gasteiger partial charge in [-0.25, -0.2) is 4.68 Å². The fourth-order valence-corrected chi connectivity index (χ4v) is 4.80. The van der Waals surface area contributed by atoms with Crippen LogP contribution < -0.4 is 5.32 Å². The highest BCUT2D eigenvalue weighted by molar-refractivity contribution is 5.79. The van der Waals surface area contributed by atoms with E-state index >= 15 is 0 Å². The third-order valence-electron chi connectivity index (χ3n) is 6.33. The molecule has 0 bridgehead atoms. The van der Waals surface area contributed by atoms with Gasteiger partial charge >= 0.3 is 6.18 Å². The monoisotopic (exact) mass is 384 g/mol. The van der Waals surface area contributed by atoms with E-state index in [1.165, 1.54) is 0 Å². The van der Waals surface area contributed by atoms with Crippen molar-refractivity contribution >= 4 is 11.7 Å². The fraction of sp³-hybridized carbons (Fsp3) is 0.789. The highest BCUT2D eigenvalue weighted by atomic mass is 19.4. The molecule has 2 aliphatic heterocycles. The minimum atomic E-state index is -4.30. The van der Waals surface area contributed by atoms with E-state index in [0.29, 0.717) is 24.6 Å². The Balaban J connectivity index is 1.44. The van der Waals surface area contributed by atoms with Crippen LogP contribution in [0.3, 0.4) is 0 Å². The summed E-state index contributed by atoms with van der Waals surface area (Å²) in [7, 11) is 0. The van der Waals surface area contributed by atoms with Crippen molar-refractivity contribution in [1.82, 2.24) is 14.7 Å². The summed E-state index contributed by atoms with van der Waals surface area (Å²) in [6.45, 7) is 3.12. The maximum absolute atomic E-state index is 13.4. The Bertz CT molecular complexity index is 688. The molecule has 1 aliphatic carbocycles. The number of fused-ring (bicyclic) bond motifs is 1. The molecule has 1 aromatic heterocycles. The number of alkyl halides is 3. The Morgan fingerprint density at radius 2 is 1.85 bits per heavy atom. The SMILES string of the molecule is C[C@@H]1C[C@H](C(F)(F)F)n2nc(C3CCN(C(=O)C4CCCC4)CC3)cc2N1. The second kappa shape index (κ2) is 7.02. The number of hydrogen-bond acceptors (Lipinski definition) is 3. The molecule has 1 saturated heterocycles. The van der Waals surface area contributed by atoms with Crippen LogP contribution in [0.5, 0.6) is 0 Å². The van der Waals surface area contributed by atoms with E-state index in [1.807, 2.05) is 4.90 Å². The first-order chi connectivity index (χ1) is 12.8. The predicted octanol–water partition coefficient (Wildman–Crippen LogP) is 4.09. The van der Waals surface area contributed by atoms with Gasteiger partial charge in [-0.1, -0.05) is 12.8 Å². The van der Waals surface area contributed by atoms with Crippen molar-refractivity contribution in [2.45, 2.75) is 76.0 Å². The van der Waals surface area contributed by atoms with Gasteiger partial charge in [-0.3, -0.25) is 4.79 Å². The van der Waals surface area contributed by atoms with E-state index in [0.717, 1.165) is 43.2 Å². The van der Waals surface area contributed by atoms with Crippen LogP contribution in [0.4, 0.5) is 19.0 Å². The van der Waals surface area contributed by atoms with E-state index in [2.05, 4.69) is 10.4 Å². The number of likely N-dealkylation sites (tertiary alicyclic amines) is 1. The Labute approximate surface area is 157 Å². The van der Waals surface area contributed by atoms with Crippen molar-refractivity contribution < 1.29 is 18.0 Å². The maximum Gasteiger partial charge on any atom is 0.410 e. The number of aromatic nitrogens is 2. The summed E-state index contributed by atoms with van der Waals surface area (Å²) in [6, 6.07) is -0.0332. The lowest BCUT2D eigenvalue weighted by Gasteiger charge is -2.33. The molecule has 0 unspecified atom stereocenters. The number of piperidine rings is 1. The van der Waals surface area contributed by atoms with Gasteiger partial charge in [0.1, 0.15) is 5.82 Å². The van der Waals surface area contributed by atoms with Crippen LogP contribution in [0.15, 0.2) is 6.07 Å². The van der Waals surface area contributed by atoms with Crippen molar-refractivity contribution in [3.63, 3.8) is 0 Å². The molecule has 1 amide bonds. The van der Waals surface area contributed by atoms with Crippen LogP contribution >= 0.6 is 0 Å². The Kier molecular flexibility index (Phi) is 4.84. The van der Waals surface area contributed by atoms with E-state index in [9.17, 15) is 18.0 Å². The van der Waals surface area contributed by atoms with Gasteiger partial charge in [-0.15, -0.1) is 0 Å². The van der Waals surface area contributed by atoms with Gasteiger partial charge in [0.15, 0.2) is 6.04 Å². The molecule has 3 heterocycles. The van der Waals surface area contributed by atoms with Crippen LogP contribution in [0.25, 0.3) is 0 Å². The maximum atomic E-state index is 13.4. The summed E-state index contributed by atoms with van der Waals surface area (Å²) in [5, 5.41) is 7.46. The van der Waals surface area contributed by atoms with Crippen molar-refractivity contribution in [1.29, 1.82) is 0 Å². The van der Waals surface area contributed by atoms with Gasteiger partial charge in [0.25, 0.3) is 0 Å². The smallest absolute Gasteiger partial charge is 0.368 e. The van der Waals surface area contributed by atoms with Crippen molar-refractivity contribution in [3.8, 4) is 0 Å². The number of halogens is 3. The van der Waals surface area contributed by atoms with Crippen molar-refractivity contribution in [3.05, 3.63) is 11.8 Å². The molecular weight excluding hydrogens is 357 g/mol. The molecule has 1 N–H and O–H groups in total. The molecule has 5 nitrogen and oxygen atoms in total. The Hall–Kier alpha value is -1.73. The number of amides is 1. The molecule has 0 aromatic carbocycles. The highest BCUT2D eigenvalue weighted by Gasteiger charge is 2.46. The summed E-state index contributed by atoms with van der Waals surface area (Å²) < 4.78 is 41.3. The number of hydrogen-bond donors (Lipinski definition) is 1. The van der Waals surface area contributed by atoms with Crippen molar-refractivity contribution in [2.24, 2.45) is 5.92 Å². The first-order valence-corrected chi connectivity index (χ1v) is 10.0. The fourth-order valence-electron chi connectivity index (χ4n) is 4.80. The zero-order valence-corrected chi connectivity index (χ0v) is 15.6. The lowest BCUT2D eigenvalue weighted by molar-refractivity contribution is -0.173. The number of carbonyl (C=O) groups excluding carboxylic acids is 1. The van der Waals surface area contributed by atoms with E-state index < -0.39 is 12.2 Å². The van der Waals surface area contributed by atoms with E-state index in [4.69, 9.17) is 0 Å². The first-order valence-electron chi connectivity index (χ1n) is 10.0. The second-order valence-corrected chi connectivity index (χ2v) is 8.32. The van der Waals surface area contributed by atoms with Crippen LogP contribution in [0, 0.1) is 5.92 Å². The summed E-state index contributed by atoms with van der Waals surface area (Å²) in [6.07, 6.45) is 1.49. The third kappa shape index (κ3) is 3.67. The molecule has 0 spiro atoms. The van der Waals surface area contributed by atoms with E-state index in [-0.39, 0.29) is 30.2 Å². The van der Waals surface area contributed by atoms with Gasteiger partial charge in [0.05, 0.1) is 5.69 Å². The van der Waals surface area contributed by atoms with Crippen LogP contribution in [0.2, 0.25) is 0 Å². The molecule has 1 saturated carbocycles. The lowest BCUT2D eigenvalue weighted by atomic mass is 9.92. The van der Waals surface area contributed by atoms with Crippen LogP contribution in [0.1, 0.15) is 69.5 Å². The first kappa shape index (κ1) is 18.6. The summed E-state index contributed by atoms with van der Waals surface area (Å²) in [5.41, 5.74) is 0.716. The summed E-state index contributed by atoms with van der Waals surface area (Å²) in [5.74, 6) is 1.01. The topological polar surface area (TPSA) is 50.2 Å². The minimum absolute atomic E-state index is 0.00798. The molecule has 27 heavy (non-hydrogen) atoms. The normalized spacial score (nSPS) is 27.5. The molecule has 2 atom stereocenters. The summed E-state index contributed by atoms with van der Waals surface area (Å²) >= 11 is 0. The molecule has 0 radical (unpaired) electrons. The third-order valence-corrected chi connectivity index (χ3v) is 6.33. The molecular formula is C19H27F3N4O. The molecule has 3 aliphatic rings. The van der Waals surface area contributed by atoms with Gasteiger partial charge < -0.3 is 10.2 Å². The predicted molar refractivity (Wildman–Crippen MR) is 95.5 cm³/mol. The quantitative estimate of drug-likeness (QED) is 0.836. The van der Waals surface area contributed by atoms with E-state index in [1.54, 1.807) is 13.0 Å². The van der Waals surface area contributed by atoms with Crippen molar-refractivity contribution in [2.75, 3.05) is 18.4 Å². The van der Waals surface area contributed by atoms with Gasteiger partial charge in [-0.2, -0.15) is 18.3 Å². The molecule has 150 valence electrons. The largest absolute Gasteiger partial charge is 0.410 e. The van der Waals surface area contributed by atoms with Gasteiger partial charge in [-0.05, 0) is 39.0 Å². The number of nitrogens with zero attached hydrogens (tertiary/aromatic N) is 3. The average Bonchev–Trinajstić information content (AvgIpc) is 3.29. The molecule has 8 heteroatoms. The van der Waals surface area contributed by atoms with Crippen LogP contribution in [-0.4, -0.2) is 45.9 Å². The second-order valence-electron chi connectivity index (χ2n) is 8.32. The molecule has 1 aromatic rings. The van der Waals surface area contributed by atoms with Gasteiger partial charge in [0, 0.05) is 37.0 Å².